The monoisotopic (exact) mass is 352 g/mol. The molecule has 1 aliphatic heterocycles. The van der Waals surface area contributed by atoms with Crippen LogP contribution in [0.1, 0.15) is 24.2 Å². The molecule has 7 heteroatoms. The van der Waals surface area contributed by atoms with Crippen molar-refractivity contribution in [3.8, 4) is 11.5 Å². The Hall–Kier alpha value is -2.54. The summed E-state index contributed by atoms with van der Waals surface area (Å²) in [5.74, 6) is 1.71. The van der Waals surface area contributed by atoms with E-state index in [1.54, 1.807) is 11.3 Å². The Morgan fingerprint density at radius 3 is 2.88 bits per heavy atom. The minimum atomic E-state index is 0.193. The van der Waals surface area contributed by atoms with E-state index in [2.05, 4.69) is 37.7 Å². The highest BCUT2D eigenvalue weighted by Gasteiger charge is 2.27. The van der Waals surface area contributed by atoms with Gasteiger partial charge in [0.05, 0.1) is 17.2 Å². The van der Waals surface area contributed by atoms with Crippen LogP contribution in [0.25, 0.3) is 11.5 Å². The molecule has 1 aliphatic rings. The molecule has 0 amide bonds. The molecule has 0 saturated carbocycles. The average molecular weight is 352 g/mol. The number of aromatic nitrogens is 4. The Morgan fingerprint density at radius 2 is 2.12 bits per heavy atom. The van der Waals surface area contributed by atoms with Gasteiger partial charge in [0.25, 0.3) is 0 Å². The number of anilines is 2. The molecule has 3 aromatic heterocycles. The van der Waals surface area contributed by atoms with Crippen molar-refractivity contribution in [2.24, 2.45) is 0 Å². The van der Waals surface area contributed by atoms with Gasteiger partial charge in [-0.2, -0.15) is 0 Å². The molecule has 0 aliphatic carbocycles. The third kappa shape index (κ3) is 2.95. The van der Waals surface area contributed by atoms with Crippen LogP contribution in [0.15, 0.2) is 35.4 Å². The molecule has 3 aromatic rings. The van der Waals surface area contributed by atoms with Crippen LogP contribution in [-0.4, -0.2) is 40.6 Å². The fourth-order valence-corrected chi connectivity index (χ4v) is 3.70. The van der Waals surface area contributed by atoms with E-state index < -0.39 is 0 Å². The van der Waals surface area contributed by atoms with Gasteiger partial charge < -0.3 is 9.80 Å². The van der Waals surface area contributed by atoms with Crippen LogP contribution in [0, 0.1) is 0 Å². The molecule has 0 aromatic carbocycles. The van der Waals surface area contributed by atoms with Gasteiger partial charge in [-0.05, 0) is 13.0 Å². The van der Waals surface area contributed by atoms with Crippen LogP contribution in [0.5, 0.6) is 0 Å². The topological polar surface area (TPSA) is 58.0 Å². The molecule has 0 saturated heterocycles. The number of pyridine rings is 1. The average Bonchev–Trinajstić information content (AvgIpc) is 3.16. The quantitative estimate of drug-likeness (QED) is 0.721. The molecule has 4 rings (SSSR count). The maximum absolute atomic E-state index is 4.76. The van der Waals surface area contributed by atoms with Gasteiger partial charge in [-0.25, -0.2) is 19.9 Å². The van der Waals surface area contributed by atoms with Gasteiger partial charge in [-0.3, -0.25) is 0 Å². The number of fused-ring (bicyclic) bond motifs is 1. The summed E-state index contributed by atoms with van der Waals surface area (Å²) in [6, 6.07) is 4.35. The molecule has 0 radical (unpaired) electrons. The van der Waals surface area contributed by atoms with Gasteiger partial charge in [0.2, 0.25) is 0 Å². The Kier molecular flexibility index (Phi) is 4.09. The fraction of sp³-hybridized carbons (Fsp3) is 0.333. The summed E-state index contributed by atoms with van der Waals surface area (Å²) < 4.78 is 0. The molecule has 0 spiro atoms. The lowest BCUT2D eigenvalue weighted by molar-refractivity contribution is 0.602. The lowest BCUT2D eigenvalue weighted by Gasteiger charge is -2.35. The van der Waals surface area contributed by atoms with Gasteiger partial charge in [-0.1, -0.05) is 0 Å². The lowest BCUT2D eigenvalue weighted by Crippen LogP contribution is -2.35. The van der Waals surface area contributed by atoms with Crippen LogP contribution < -0.4 is 9.80 Å². The Morgan fingerprint density at radius 1 is 1.24 bits per heavy atom. The highest BCUT2D eigenvalue weighted by atomic mass is 32.1. The first-order chi connectivity index (χ1) is 12.1. The summed E-state index contributed by atoms with van der Waals surface area (Å²) in [5.41, 5.74) is 6.10. The first kappa shape index (κ1) is 16.0. The van der Waals surface area contributed by atoms with Gasteiger partial charge in [0.1, 0.15) is 11.5 Å². The van der Waals surface area contributed by atoms with Crippen molar-refractivity contribution >= 4 is 22.8 Å². The van der Waals surface area contributed by atoms with Gasteiger partial charge in [0, 0.05) is 62.2 Å². The smallest absolute Gasteiger partial charge is 0.179 e. The van der Waals surface area contributed by atoms with Crippen molar-refractivity contribution in [2.75, 3.05) is 30.4 Å². The summed E-state index contributed by atoms with van der Waals surface area (Å²) in [4.78, 5) is 22.6. The molecular formula is C18H20N6S. The molecule has 0 bridgehead atoms. The molecule has 128 valence electrons. The van der Waals surface area contributed by atoms with Gasteiger partial charge in [0.15, 0.2) is 5.82 Å². The first-order valence-corrected chi connectivity index (χ1v) is 9.22. The Balaban J connectivity index is 1.65. The van der Waals surface area contributed by atoms with Crippen molar-refractivity contribution in [1.82, 2.24) is 19.9 Å². The number of hydrogen-bond acceptors (Lipinski definition) is 7. The van der Waals surface area contributed by atoms with Crippen molar-refractivity contribution in [2.45, 2.75) is 19.4 Å². The molecule has 1 unspecified atom stereocenters. The van der Waals surface area contributed by atoms with Gasteiger partial charge >= 0.3 is 0 Å². The fourth-order valence-electron chi connectivity index (χ4n) is 3.17. The largest absolute Gasteiger partial charge is 0.378 e. The zero-order valence-corrected chi connectivity index (χ0v) is 15.4. The van der Waals surface area contributed by atoms with Crippen molar-refractivity contribution < 1.29 is 0 Å². The number of nitrogens with zero attached hydrogens (tertiary/aromatic N) is 6. The molecule has 25 heavy (non-hydrogen) atoms. The second-order valence-electron chi connectivity index (χ2n) is 6.36. The van der Waals surface area contributed by atoms with Crippen LogP contribution >= 0.6 is 11.3 Å². The maximum atomic E-state index is 4.76. The van der Waals surface area contributed by atoms with E-state index in [0.717, 1.165) is 35.9 Å². The van der Waals surface area contributed by atoms with E-state index in [1.165, 1.54) is 5.56 Å². The Bertz CT molecular complexity index is 877. The predicted molar refractivity (Wildman–Crippen MR) is 101 cm³/mol. The highest BCUT2D eigenvalue weighted by Crippen LogP contribution is 2.33. The summed E-state index contributed by atoms with van der Waals surface area (Å²) in [6.07, 6.45) is 4.70. The minimum absolute atomic E-state index is 0.193. The first-order valence-electron chi connectivity index (χ1n) is 8.28. The number of rotatable bonds is 3. The second kappa shape index (κ2) is 6.40. The van der Waals surface area contributed by atoms with Crippen LogP contribution in [0.2, 0.25) is 0 Å². The van der Waals surface area contributed by atoms with E-state index in [1.807, 2.05) is 43.4 Å². The van der Waals surface area contributed by atoms with E-state index in [-0.39, 0.29) is 6.04 Å². The van der Waals surface area contributed by atoms with E-state index in [9.17, 15) is 0 Å². The highest BCUT2D eigenvalue weighted by molar-refractivity contribution is 7.07. The third-order valence-corrected chi connectivity index (χ3v) is 5.19. The van der Waals surface area contributed by atoms with Crippen LogP contribution in [-0.2, 0) is 6.42 Å². The molecule has 1 atom stereocenters. The minimum Gasteiger partial charge on any atom is -0.378 e. The van der Waals surface area contributed by atoms with Crippen molar-refractivity contribution in [3.63, 3.8) is 0 Å². The standard InChI is InChI=1S/C18H20N6S/c1-12-14-9-20-18(16-10-25-11-21-16)22-15(14)5-7-24(12)17-8-13(23(2)3)4-6-19-17/h4,6,8-12H,5,7H2,1-3H3. The molecule has 0 N–H and O–H groups in total. The molecular weight excluding hydrogens is 332 g/mol. The molecule has 6 nitrogen and oxygen atoms in total. The summed E-state index contributed by atoms with van der Waals surface area (Å²) in [6.45, 7) is 3.08. The predicted octanol–water partition coefficient (Wildman–Crippen LogP) is 3.18. The van der Waals surface area contributed by atoms with Gasteiger partial charge in [-0.15, -0.1) is 11.3 Å². The summed E-state index contributed by atoms with van der Waals surface area (Å²) >= 11 is 1.56. The number of thiazole rings is 1. The number of hydrogen-bond donors (Lipinski definition) is 0. The second-order valence-corrected chi connectivity index (χ2v) is 7.07. The van der Waals surface area contributed by atoms with Crippen LogP contribution in [0.4, 0.5) is 11.5 Å². The molecule has 4 heterocycles. The zero-order chi connectivity index (χ0) is 17.4. The SMILES string of the molecule is CC1c2cnc(-c3cscn3)nc2CCN1c1cc(N(C)C)ccn1. The van der Waals surface area contributed by atoms with E-state index in [4.69, 9.17) is 4.98 Å². The van der Waals surface area contributed by atoms with Crippen molar-refractivity contribution in [1.29, 1.82) is 0 Å². The van der Waals surface area contributed by atoms with E-state index >= 15 is 0 Å². The van der Waals surface area contributed by atoms with Crippen LogP contribution in [0.3, 0.4) is 0 Å². The third-order valence-electron chi connectivity index (χ3n) is 4.61. The molecule has 0 fully saturated rings. The lowest BCUT2D eigenvalue weighted by atomic mass is 9.99. The summed E-state index contributed by atoms with van der Waals surface area (Å²) in [5, 5.41) is 1.98. The normalized spacial score (nSPS) is 16.6. The maximum Gasteiger partial charge on any atom is 0.179 e. The summed E-state index contributed by atoms with van der Waals surface area (Å²) in [7, 11) is 4.09. The Labute approximate surface area is 151 Å². The van der Waals surface area contributed by atoms with E-state index in [0.29, 0.717) is 5.82 Å². The van der Waals surface area contributed by atoms with Crippen molar-refractivity contribution in [3.05, 3.63) is 46.7 Å². The zero-order valence-electron chi connectivity index (χ0n) is 14.5.